The lowest BCUT2D eigenvalue weighted by atomic mass is 10.2. The first-order valence-electron chi connectivity index (χ1n) is 6.22. The standard InChI is InChI=1S/C14H13BrN4O2/c1-2-21-13-4-3-11(15)7-10(13)8-18-19-14(20)12-9-16-5-6-17-12/h3-9H,2H2,1H3,(H,19,20)/b18-8+. The van der Waals surface area contributed by atoms with E-state index in [4.69, 9.17) is 4.74 Å². The molecule has 6 nitrogen and oxygen atoms in total. The molecule has 0 bridgehead atoms. The van der Waals surface area contributed by atoms with Crippen LogP contribution in [-0.2, 0) is 0 Å². The number of hydrazone groups is 1. The monoisotopic (exact) mass is 348 g/mol. The van der Waals surface area contributed by atoms with Crippen molar-refractivity contribution in [3.8, 4) is 5.75 Å². The highest BCUT2D eigenvalue weighted by Crippen LogP contribution is 2.21. The molecule has 1 N–H and O–H groups in total. The van der Waals surface area contributed by atoms with Crippen LogP contribution in [0.15, 0.2) is 46.4 Å². The molecule has 108 valence electrons. The van der Waals surface area contributed by atoms with Crippen LogP contribution in [0.3, 0.4) is 0 Å². The van der Waals surface area contributed by atoms with E-state index in [0.717, 1.165) is 10.0 Å². The summed E-state index contributed by atoms with van der Waals surface area (Å²) in [7, 11) is 0. The minimum absolute atomic E-state index is 0.203. The minimum Gasteiger partial charge on any atom is -0.493 e. The highest BCUT2D eigenvalue weighted by molar-refractivity contribution is 9.10. The van der Waals surface area contributed by atoms with Crippen LogP contribution in [0.5, 0.6) is 5.75 Å². The van der Waals surface area contributed by atoms with Gasteiger partial charge in [-0.3, -0.25) is 9.78 Å². The van der Waals surface area contributed by atoms with Crippen molar-refractivity contribution in [2.45, 2.75) is 6.92 Å². The molecule has 0 fully saturated rings. The number of ether oxygens (including phenoxy) is 1. The van der Waals surface area contributed by atoms with E-state index in [1.165, 1.54) is 24.8 Å². The average Bonchev–Trinajstić information content (AvgIpc) is 2.51. The molecule has 21 heavy (non-hydrogen) atoms. The van der Waals surface area contributed by atoms with Crippen LogP contribution in [0.2, 0.25) is 0 Å². The number of aromatic nitrogens is 2. The summed E-state index contributed by atoms with van der Waals surface area (Å²) in [5.41, 5.74) is 3.35. The Morgan fingerprint density at radius 2 is 2.33 bits per heavy atom. The van der Waals surface area contributed by atoms with Crippen molar-refractivity contribution in [3.05, 3.63) is 52.5 Å². The summed E-state index contributed by atoms with van der Waals surface area (Å²) >= 11 is 3.38. The molecule has 0 radical (unpaired) electrons. The Hall–Kier alpha value is -2.28. The SMILES string of the molecule is CCOc1ccc(Br)cc1/C=N/NC(=O)c1cnccn1. The maximum Gasteiger partial charge on any atom is 0.291 e. The van der Waals surface area contributed by atoms with Crippen molar-refractivity contribution in [1.29, 1.82) is 0 Å². The van der Waals surface area contributed by atoms with E-state index in [-0.39, 0.29) is 5.69 Å². The molecule has 1 aromatic carbocycles. The van der Waals surface area contributed by atoms with Crippen molar-refractivity contribution in [2.24, 2.45) is 5.10 Å². The minimum atomic E-state index is -0.424. The number of nitrogens with zero attached hydrogens (tertiary/aromatic N) is 3. The summed E-state index contributed by atoms with van der Waals surface area (Å²) < 4.78 is 6.38. The zero-order valence-corrected chi connectivity index (χ0v) is 12.9. The molecule has 2 aromatic rings. The summed E-state index contributed by atoms with van der Waals surface area (Å²) in [5, 5.41) is 3.91. The lowest BCUT2D eigenvalue weighted by Crippen LogP contribution is -2.19. The smallest absolute Gasteiger partial charge is 0.291 e. The van der Waals surface area contributed by atoms with E-state index in [0.29, 0.717) is 12.4 Å². The molecule has 2 rings (SSSR count). The molecule has 0 spiro atoms. The Morgan fingerprint density at radius 1 is 1.48 bits per heavy atom. The summed E-state index contributed by atoms with van der Waals surface area (Å²) in [6, 6.07) is 5.56. The molecule has 0 saturated carbocycles. The fourth-order valence-corrected chi connectivity index (χ4v) is 1.92. The van der Waals surface area contributed by atoms with Crippen molar-refractivity contribution in [1.82, 2.24) is 15.4 Å². The van der Waals surface area contributed by atoms with E-state index in [9.17, 15) is 4.79 Å². The van der Waals surface area contributed by atoms with Crippen molar-refractivity contribution in [3.63, 3.8) is 0 Å². The average molecular weight is 349 g/mol. The van der Waals surface area contributed by atoms with E-state index in [1.807, 2.05) is 25.1 Å². The molecule has 0 aliphatic rings. The predicted octanol–water partition coefficient (Wildman–Crippen LogP) is 2.40. The molecule has 0 saturated heterocycles. The van der Waals surface area contributed by atoms with E-state index in [2.05, 4.69) is 36.4 Å². The molecule has 1 amide bonds. The first kappa shape index (κ1) is 15.1. The summed E-state index contributed by atoms with van der Waals surface area (Å²) in [4.78, 5) is 19.5. The zero-order valence-electron chi connectivity index (χ0n) is 11.3. The summed E-state index contributed by atoms with van der Waals surface area (Å²) in [6.45, 7) is 2.45. The van der Waals surface area contributed by atoms with Gasteiger partial charge in [-0.15, -0.1) is 0 Å². The molecule has 0 aliphatic heterocycles. The number of benzene rings is 1. The quantitative estimate of drug-likeness (QED) is 0.664. The number of hydrogen-bond donors (Lipinski definition) is 1. The Kier molecular flexibility index (Phi) is 5.39. The third-order valence-corrected chi connectivity index (χ3v) is 2.93. The number of carbonyl (C=O) groups is 1. The molecule has 7 heteroatoms. The zero-order chi connectivity index (χ0) is 15.1. The van der Waals surface area contributed by atoms with Crippen LogP contribution in [0.25, 0.3) is 0 Å². The highest BCUT2D eigenvalue weighted by atomic mass is 79.9. The van der Waals surface area contributed by atoms with Gasteiger partial charge in [0.25, 0.3) is 5.91 Å². The second-order valence-corrected chi connectivity index (χ2v) is 4.82. The van der Waals surface area contributed by atoms with Gasteiger partial charge in [0.1, 0.15) is 11.4 Å². The molecule has 0 unspecified atom stereocenters. The number of rotatable bonds is 5. The Labute approximate surface area is 130 Å². The summed E-state index contributed by atoms with van der Waals surface area (Å²) in [5.74, 6) is 0.269. The Balaban J connectivity index is 2.07. The maximum absolute atomic E-state index is 11.7. The molecular weight excluding hydrogens is 336 g/mol. The lowest BCUT2D eigenvalue weighted by molar-refractivity contribution is 0.0949. The molecule has 0 atom stereocenters. The fraction of sp³-hybridized carbons (Fsp3) is 0.143. The van der Waals surface area contributed by atoms with Gasteiger partial charge in [-0.25, -0.2) is 10.4 Å². The number of halogens is 1. The van der Waals surface area contributed by atoms with Gasteiger partial charge in [-0.05, 0) is 25.1 Å². The van der Waals surface area contributed by atoms with Gasteiger partial charge in [0.15, 0.2) is 0 Å². The first-order valence-corrected chi connectivity index (χ1v) is 7.01. The Morgan fingerprint density at radius 3 is 3.05 bits per heavy atom. The van der Waals surface area contributed by atoms with Gasteiger partial charge in [-0.1, -0.05) is 15.9 Å². The van der Waals surface area contributed by atoms with Gasteiger partial charge < -0.3 is 4.74 Å². The molecule has 1 heterocycles. The van der Waals surface area contributed by atoms with Crippen LogP contribution in [0.1, 0.15) is 23.0 Å². The normalized spacial score (nSPS) is 10.6. The van der Waals surface area contributed by atoms with Gasteiger partial charge in [-0.2, -0.15) is 5.10 Å². The van der Waals surface area contributed by atoms with Crippen LogP contribution >= 0.6 is 15.9 Å². The van der Waals surface area contributed by atoms with Crippen molar-refractivity contribution in [2.75, 3.05) is 6.61 Å². The largest absolute Gasteiger partial charge is 0.493 e. The number of carbonyl (C=O) groups excluding carboxylic acids is 1. The summed E-state index contributed by atoms with van der Waals surface area (Å²) in [6.07, 6.45) is 5.83. The van der Waals surface area contributed by atoms with Gasteiger partial charge in [0.05, 0.1) is 19.0 Å². The maximum atomic E-state index is 11.7. The van der Waals surface area contributed by atoms with Crippen LogP contribution in [0, 0.1) is 0 Å². The Bertz CT molecular complexity index is 647. The molecule has 1 aromatic heterocycles. The highest BCUT2D eigenvalue weighted by Gasteiger charge is 2.05. The first-order chi connectivity index (χ1) is 10.2. The third kappa shape index (κ3) is 4.35. The van der Waals surface area contributed by atoms with E-state index < -0.39 is 5.91 Å². The molecule has 0 aliphatic carbocycles. The van der Waals surface area contributed by atoms with Gasteiger partial charge in [0.2, 0.25) is 0 Å². The van der Waals surface area contributed by atoms with E-state index >= 15 is 0 Å². The second kappa shape index (κ2) is 7.49. The molecular formula is C14H13BrN4O2. The van der Waals surface area contributed by atoms with Crippen molar-refractivity contribution < 1.29 is 9.53 Å². The lowest BCUT2D eigenvalue weighted by Gasteiger charge is -2.07. The topological polar surface area (TPSA) is 76.5 Å². The number of nitrogens with one attached hydrogen (secondary N) is 1. The van der Waals surface area contributed by atoms with Gasteiger partial charge >= 0.3 is 0 Å². The number of hydrogen-bond acceptors (Lipinski definition) is 5. The van der Waals surface area contributed by atoms with Crippen molar-refractivity contribution >= 4 is 28.1 Å². The van der Waals surface area contributed by atoms with Gasteiger partial charge in [0, 0.05) is 22.4 Å². The number of amides is 1. The predicted molar refractivity (Wildman–Crippen MR) is 82.4 cm³/mol. The van der Waals surface area contributed by atoms with Crippen LogP contribution in [0.4, 0.5) is 0 Å². The van der Waals surface area contributed by atoms with Crippen LogP contribution in [-0.4, -0.2) is 28.7 Å². The second-order valence-electron chi connectivity index (χ2n) is 3.90. The van der Waals surface area contributed by atoms with Crippen LogP contribution < -0.4 is 10.2 Å². The fourth-order valence-electron chi connectivity index (χ4n) is 1.54. The third-order valence-electron chi connectivity index (χ3n) is 2.44. The van der Waals surface area contributed by atoms with E-state index in [1.54, 1.807) is 0 Å².